The molecule has 1 N–H and O–H groups in total. The van der Waals surface area contributed by atoms with Crippen molar-refractivity contribution in [1.29, 1.82) is 0 Å². The maximum atomic E-state index is 13.6. The van der Waals surface area contributed by atoms with E-state index < -0.39 is 26.9 Å². The lowest BCUT2D eigenvalue weighted by atomic mass is 9.93. The molecule has 50 heavy (non-hydrogen) atoms. The van der Waals surface area contributed by atoms with E-state index >= 15 is 0 Å². The number of rotatable bonds is 19. The Labute approximate surface area is 305 Å². The lowest BCUT2D eigenvalue weighted by molar-refractivity contribution is -0.117. The first-order valence-corrected chi connectivity index (χ1v) is 21.6. The van der Waals surface area contributed by atoms with Gasteiger partial charge in [0.05, 0.1) is 24.2 Å². The van der Waals surface area contributed by atoms with Crippen molar-refractivity contribution in [3.05, 3.63) is 121 Å². The van der Waals surface area contributed by atoms with E-state index in [1.165, 1.54) is 34.0 Å². The first-order valence-electron chi connectivity index (χ1n) is 17.8. The molecule has 0 heterocycles. The Balaban J connectivity index is 1.44. The van der Waals surface area contributed by atoms with Crippen molar-refractivity contribution in [2.24, 2.45) is 17.8 Å². The highest BCUT2D eigenvalue weighted by atomic mass is 32.2. The average Bonchev–Trinajstić information content (AvgIpc) is 3.41. The van der Waals surface area contributed by atoms with Gasteiger partial charge in [-0.2, -0.15) is 0 Å². The van der Waals surface area contributed by atoms with Gasteiger partial charge < -0.3 is 18.9 Å². The quantitative estimate of drug-likeness (QED) is 0.0985. The third-order valence-electron chi connectivity index (χ3n) is 8.96. The highest BCUT2D eigenvalue weighted by Crippen LogP contribution is 2.44. The lowest BCUT2D eigenvalue weighted by Crippen LogP contribution is -2.52. The minimum atomic E-state index is -2.89. The number of ether oxygens (including phenoxy) is 1. The molecule has 0 fully saturated rings. The molecule has 0 saturated carbocycles. The summed E-state index contributed by atoms with van der Waals surface area (Å²) < 4.78 is 19.5. The van der Waals surface area contributed by atoms with Gasteiger partial charge >= 0.3 is 14.7 Å². The van der Waals surface area contributed by atoms with E-state index in [1.54, 1.807) is 6.08 Å². The van der Waals surface area contributed by atoms with Gasteiger partial charge in [-0.15, -0.1) is 13.2 Å². The van der Waals surface area contributed by atoms with Crippen molar-refractivity contribution in [2.45, 2.75) is 90.0 Å². The highest BCUT2D eigenvalue weighted by Gasteiger charge is 2.39. The van der Waals surface area contributed by atoms with Crippen LogP contribution in [0.15, 0.2) is 104 Å². The monoisotopic (exact) mass is 713 g/mol. The molecular formula is C42H55NO5SSi. The van der Waals surface area contributed by atoms with Crippen LogP contribution in [0.1, 0.15) is 69.6 Å². The van der Waals surface area contributed by atoms with Gasteiger partial charge in [-0.05, 0) is 72.0 Å². The van der Waals surface area contributed by atoms with Gasteiger partial charge in [0.15, 0.2) is 5.12 Å². The molecule has 3 aromatic rings. The summed E-state index contributed by atoms with van der Waals surface area (Å²) in [6.45, 7) is 20.8. The number of fused-ring (bicyclic) bond motifs is 3. The summed E-state index contributed by atoms with van der Waals surface area (Å²) in [5, 5.41) is 3.24. The molecule has 3 aromatic carbocycles. The molecule has 268 valence electrons. The second kappa shape index (κ2) is 18.7. The van der Waals surface area contributed by atoms with Crippen LogP contribution in [-0.2, 0) is 24.1 Å². The molecule has 0 unspecified atom stereocenters. The smallest absolute Gasteiger partial charge is 0.407 e. The fourth-order valence-corrected chi connectivity index (χ4v) is 9.69. The topological polar surface area (TPSA) is 73.9 Å². The van der Waals surface area contributed by atoms with E-state index in [9.17, 15) is 9.59 Å². The van der Waals surface area contributed by atoms with Crippen LogP contribution >= 0.6 is 11.8 Å². The molecule has 0 radical (unpaired) electrons. The Morgan fingerprint density at radius 2 is 1.42 bits per heavy atom. The van der Waals surface area contributed by atoms with Crippen molar-refractivity contribution in [3.63, 3.8) is 0 Å². The largest absolute Gasteiger partial charge is 0.449 e. The number of benzene rings is 3. The predicted molar refractivity (Wildman–Crippen MR) is 209 cm³/mol. The number of hydrogen-bond donors (Lipinski definition) is 1. The predicted octanol–water partition coefficient (Wildman–Crippen LogP) is 10.3. The molecular weight excluding hydrogens is 659 g/mol. The maximum absolute atomic E-state index is 13.6. The maximum Gasteiger partial charge on any atom is 0.407 e. The molecule has 0 aromatic heterocycles. The van der Waals surface area contributed by atoms with Gasteiger partial charge in [0.2, 0.25) is 0 Å². The molecule has 1 amide bonds. The summed E-state index contributed by atoms with van der Waals surface area (Å²) in [4.78, 5) is 27.1. The standard InChI is InChI=1S/C42H55NO5SSi/c1-9-18-40(48-50(7,8)47-39(10-2)36(25-29(3)4)41(44)49-28-31-19-12-11-13-20-31)38(26-30(5)6)43-42(45)46-27-37-34-23-16-14-21-32(34)33-22-15-17-24-35(33)37/h9-17,19-24,29-30,36-40H,1-2,18,25-28H2,3-8H3,(H,43,45)/t36-,38+,39+,40+/m0/s1. The van der Waals surface area contributed by atoms with Crippen molar-refractivity contribution in [2.75, 3.05) is 6.61 Å². The SMILES string of the molecule is C=CC[C@@H](O[Si](C)(C)O[C@H](C=C)[C@H](CC(C)C)C(=O)SCc1ccccc1)[C@@H](CC(C)C)NC(=O)OCC1c2ccccc2-c2ccccc21. The molecule has 1 aliphatic carbocycles. The van der Waals surface area contributed by atoms with Gasteiger partial charge in [0.1, 0.15) is 6.61 Å². The van der Waals surface area contributed by atoms with Crippen molar-refractivity contribution >= 4 is 31.5 Å². The second-order valence-corrected chi connectivity index (χ2v) is 18.7. The van der Waals surface area contributed by atoms with Crippen LogP contribution < -0.4 is 5.32 Å². The number of amides is 1. The van der Waals surface area contributed by atoms with Crippen LogP contribution in [0.3, 0.4) is 0 Å². The Hall–Kier alpha value is -3.43. The Morgan fingerprint density at radius 3 is 1.98 bits per heavy atom. The van der Waals surface area contributed by atoms with E-state index in [0.29, 0.717) is 30.9 Å². The molecule has 0 bridgehead atoms. The van der Waals surface area contributed by atoms with Crippen LogP contribution in [0.25, 0.3) is 11.1 Å². The summed E-state index contributed by atoms with van der Waals surface area (Å²) in [6.07, 6.45) is 4.07. The van der Waals surface area contributed by atoms with Crippen molar-refractivity contribution < 1.29 is 23.2 Å². The van der Waals surface area contributed by atoms with E-state index in [0.717, 1.165) is 5.56 Å². The third kappa shape index (κ3) is 11.0. The van der Waals surface area contributed by atoms with Crippen LogP contribution in [0.2, 0.25) is 13.1 Å². The average molecular weight is 714 g/mol. The van der Waals surface area contributed by atoms with E-state index in [1.807, 2.05) is 73.8 Å². The fraction of sp³-hybridized carbons (Fsp3) is 0.429. The lowest BCUT2D eigenvalue weighted by Gasteiger charge is -2.37. The Bertz CT molecular complexity index is 1530. The Morgan fingerprint density at radius 1 is 0.840 bits per heavy atom. The summed E-state index contributed by atoms with van der Waals surface area (Å²) in [7, 11) is -2.89. The first kappa shape index (κ1) is 39.4. The fourth-order valence-electron chi connectivity index (χ4n) is 6.78. The zero-order chi connectivity index (χ0) is 36.3. The Kier molecular flexibility index (Phi) is 14.7. The second-order valence-electron chi connectivity index (χ2n) is 14.4. The van der Waals surface area contributed by atoms with E-state index in [2.05, 4.69) is 70.4 Å². The molecule has 4 rings (SSSR count). The summed E-state index contributed by atoms with van der Waals surface area (Å²) in [6, 6.07) is 26.3. The molecule has 0 spiro atoms. The van der Waals surface area contributed by atoms with Gasteiger partial charge in [-0.1, -0.05) is 130 Å². The summed E-state index contributed by atoms with van der Waals surface area (Å²) >= 11 is 1.33. The minimum absolute atomic E-state index is 0.0279. The van der Waals surface area contributed by atoms with E-state index in [-0.39, 0.29) is 35.5 Å². The molecule has 0 saturated heterocycles. The molecule has 4 atom stereocenters. The van der Waals surface area contributed by atoms with Gasteiger partial charge in [-0.25, -0.2) is 4.79 Å². The van der Waals surface area contributed by atoms with Crippen LogP contribution in [0, 0.1) is 17.8 Å². The number of alkyl carbamates (subject to hydrolysis) is 1. The van der Waals surface area contributed by atoms with Gasteiger partial charge in [0, 0.05) is 11.7 Å². The van der Waals surface area contributed by atoms with Crippen LogP contribution in [0.4, 0.5) is 4.79 Å². The number of hydrogen-bond acceptors (Lipinski definition) is 6. The molecule has 1 aliphatic rings. The van der Waals surface area contributed by atoms with Crippen molar-refractivity contribution in [3.8, 4) is 11.1 Å². The van der Waals surface area contributed by atoms with Crippen LogP contribution in [-0.4, -0.2) is 44.6 Å². The number of nitrogens with one attached hydrogen (secondary N) is 1. The van der Waals surface area contributed by atoms with Gasteiger partial charge in [0.25, 0.3) is 0 Å². The summed E-state index contributed by atoms with van der Waals surface area (Å²) in [5.41, 5.74) is 5.82. The normalized spacial score (nSPS) is 15.1. The number of carbonyl (C=O) groups excluding carboxylic acids is 2. The summed E-state index contributed by atoms with van der Waals surface area (Å²) in [5.74, 6) is 0.795. The molecule has 0 aliphatic heterocycles. The number of thioether (sulfide) groups is 1. The van der Waals surface area contributed by atoms with E-state index in [4.69, 9.17) is 13.6 Å². The van der Waals surface area contributed by atoms with Gasteiger partial charge in [-0.3, -0.25) is 4.79 Å². The highest BCUT2D eigenvalue weighted by molar-refractivity contribution is 8.13. The molecule has 8 heteroatoms. The van der Waals surface area contributed by atoms with Crippen LogP contribution in [0.5, 0.6) is 0 Å². The first-order chi connectivity index (χ1) is 23.9. The van der Waals surface area contributed by atoms with Crippen molar-refractivity contribution in [1.82, 2.24) is 5.32 Å². The third-order valence-corrected chi connectivity index (χ3v) is 11.7. The molecule has 6 nitrogen and oxygen atoms in total. The minimum Gasteiger partial charge on any atom is -0.449 e. The number of carbonyl (C=O) groups is 2. The zero-order valence-corrected chi connectivity index (χ0v) is 32.4. The zero-order valence-electron chi connectivity index (χ0n) is 30.6.